The smallest absolute Gasteiger partial charge is 0.0967 e. The van der Waals surface area contributed by atoms with Gasteiger partial charge in [0.15, 0.2) is 0 Å². The fraction of sp³-hybridized carbons (Fsp3) is 0.125. The van der Waals surface area contributed by atoms with Crippen molar-refractivity contribution in [3.05, 3.63) is 26.6 Å². The van der Waals surface area contributed by atoms with E-state index < -0.39 is 0 Å². The number of rotatable bonds is 0. The average molecular weight is 263 g/mol. The van der Waals surface area contributed by atoms with Crippen LogP contribution >= 0.6 is 38.9 Å². The van der Waals surface area contributed by atoms with E-state index in [2.05, 4.69) is 20.9 Å². The summed E-state index contributed by atoms with van der Waals surface area (Å²) in [6.45, 7) is 1.96. The molecular formula is C8H5BrClNS. The van der Waals surface area contributed by atoms with Crippen molar-refractivity contribution in [3.8, 4) is 0 Å². The Hall–Kier alpha value is -0.120. The lowest BCUT2D eigenvalue weighted by Gasteiger charge is -1.96. The Labute approximate surface area is 87.5 Å². The van der Waals surface area contributed by atoms with Crippen LogP contribution in [0.1, 0.15) is 5.56 Å². The van der Waals surface area contributed by atoms with Crippen LogP contribution in [0.2, 0.25) is 5.02 Å². The van der Waals surface area contributed by atoms with Crippen molar-refractivity contribution < 1.29 is 0 Å². The Morgan fingerprint density at radius 2 is 2.33 bits per heavy atom. The molecule has 0 N–H and O–H groups in total. The molecule has 0 aliphatic rings. The van der Waals surface area contributed by atoms with Crippen LogP contribution in [-0.2, 0) is 0 Å². The molecular weight excluding hydrogens is 258 g/mol. The van der Waals surface area contributed by atoms with Gasteiger partial charge in [0, 0.05) is 11.6 Å². The molecule has 2 rings (SSSR count). The second-order valence-electron chi connectivity index (χ2n) is 2.52. The molecule has 2 heterocycles. The highest BCUT2D eigenvalue weighted by Gasteiger charge is 2.07. The molecule has 0 fully saturated rings. The summed E-state index contributed by atoms with van der Waals surface area (Å²) in [4.78, 5) is 4.28. The fourth-order valence-electron chi connectivity index (χ4n) is 1.00. The number of nitrogens with zero attached hydrogens (tertiary/aromatic N) is 1. The van der Waals surface area contributed by atoms with E-state index in [-0.39, 0.29) is 0 Å². The van der Waals surface area contributed by atoms with E-state index >= 15 is 0 Å². The lowest BCUT2D eigenvalue weighted by atomic mass is 10.3. The minimum absolute atomic E-state index is 0.815. The first-order chi connectivity index (χ1) is 5.70. The number of halogens is 2. The number of pyridine rings is 1. The molecule has 0 aromatic carbocycles. The third kappa shape index (κ3) is 1.16. The summed E-state index contributed by atoms with van der Waals surface area (Å²) in [7, 11) is 0. The molecule has 4 heteroatoms. The fourth-order valence-corrected chi connectivity index (χ4v) is 2.86. The van der Waals surface area contributed by atoms with Crippen LogP contribution in [0.4, 0.5) is 0 Å². The quantitative estimate of drug-likeness (QED) is 0.699. The molecule has 1 nitrogen and oxygen atoms in total. The van der Waals surface area contributed by atoms with Gasteiger partial charge in [-0.05, 0) is 28.4 Å². The van der Waals surface area contributed by atoms with Gasteiger partial charge in [-0.15, -0.1) is 11.3 Å². The van der Waals surface area contributed by atoms with Gasteiger partial charge in [0.2, 0.25) is 0 Å². The molecule has 0 bridgehead atoms. The highest BCUT2D eigenvalue weighted by Crippen LogP contribution is 2.34. The number of aromatic nitrogens is 1. The van der Waals surface area contributed by atoms with E-state index in [0.717, 1.165) is 25.3 Å². The van der Waals surface area contributed by atoms with Gasteiger partial charge >= 0.3 is 0 Å². The summed E-state index contributed by atoms with van der Waals surface area (Å²) in [5, 5.41) is 2.82. The molecule has 0 aliphatic carbocycles. The summed E-state index contributed by atoms with van der Waals surface area (Å²) in [5.41, 5.74) is 1.98. The minimum atomic E-state index is 0.815. The second kappa shape index (κ2) is 2.98. The summed E-state index contributed by atoms with van der Waals surface area (Å²) >= 11 is 11.1. The maximum absolute atomic E-state index is 6.09. The van der Waals surface area contributed by atoms with Gasteiger partial charge in [-0.2, -0.15) is 0 Å². The Bertz CT molecular complexity index is 438. The van der Waals surface area contributed by atoms with Crippen LogP contribution in [-0.4, -0.2) is 4.98 Å². The first kappa shape index (κ1) is 8.48. The van der Waals surface area contributed by atoms with Crippen molar-refractivity contribution in [1.29, 1.82) is 0 Å². The SMILES string of the molecule is Cc1cnc2c(Br)csc2c1Cl. The largest absolute Gasteiger partial charge is 0.254 e. The van der Waals surface area contributed by atoms with Crippen LogP contribution in [0.15, 0.2) is 16.0 Å². The maximum atomic E-state index is 6.09. The number of aryl methyl sites for hydroxylation is 1. The standard InChI is InChI=1S/C8H5BrClNS/c1-4-2-11-7-5(9)3-12-8(7)6(4)10/h2-3H,1H3. The summed E-state index contributed by atoms with van der Waals surface area (Å²) in [6, 6.07) is 0. The van der Waals surface area contributed by atoms with Gasteiger partial charge in [-0.25, -0.2) is 0 Å². The maximum Gasteiger partial charge on any atom is 0.0967 e. The van der Waals surface area contributed by atoms with Gasteiger partial charge in [0.25, 0.3) is 0 Å². The number of hydrogen-bond donors (Lipinski definition) is 0. The topological polar surface area (TPSA) is 12.9 Å². The molecule has 2 aromatic rings. The van der Waals surface area contributed by atoms with Gasteiger partial charge in [0.05, 0.1) is 19.7 Å². The Balaban J connectivity index is 2.93. The Kier molecular flexibility index (Phi) is 2.10. The highest BCUT2D eigenvalue weighted by atomic mass is 79.9. The first-order valence-electron chi connectivity index (χ1n) is 3.38. The monoisotopic (exact) mass is 261 g/mol. The summed E-state index contributed by atoms with van der Waals surface area (Å²) < 4.78 is 2.08. The summed E-state index contributed by atoms with van der Waals surface area (Å²) in [6.07, 6.45) is 1.79. The van der Waals surface area contributed by atoms with Gasteiger partial charge in [0.1, 0.15) is 0 Å². The molecule has 0 aliphatic heterocycles. The van der Waals surface area contributed by atoms with Crippen LogP contribution < -0.4 is 0 Å². The molecule has 2 aromatic heterocycles. The lowest BCUT2D eigenvalue weighted by molar-refractivity contribution is 1.34. The third-order valence-electron chi connectivity index (χ3n) is 1.65. The van der Waals surface area contributed by atoms with E-state index in [0.29, 0.717) is 0 Å². The van der Waals surface area contributed by atoms with Crippen molar-refractivity contribution in [2.24, 2.45) is 0 Å². The van der Waals surface area contributed by atoms with E-state index in [4.69, 9.17) is 11.6 Å². The normalized spacial score (nSPS) is 10.9. The van der Waals surface area contributed by atoms with Crippen molar-refractivity contribution in [3.63, 3.8) is 0 Å². The second-order valence-corrected chi connectivity index (χ2v) is 4.63. The predicted octanol–water partition coefficient (Wildman–Crippen LogP) is 4.02. The van der Waals surface area contributed by atoms with E-state index in [9.17, 15) is 0 Å². The predicted molar refractivity (Wildman–Crippen MR) is 57.1 cm³/mol. The minimum Gasteiger partial charge on any atom is -0.254 e. The van der Waals surface area contributed by atoms with Crippen LogP contribution in [0.3, 0.4) is 0 Å². The van der Waals surface area contributed by atoms with E-state index in [1.54, 1.807) is 17.5 Å². The average Bonchev–Trinajstić information content (AvgIpc) is 2.41. The zero-order valence-corrected chi connectivity index (χ0v) is 9.42. The summed E-state index contributed by atoms with van der Waals surface area (Å²) in [5.74, 6) is 0. The van der Waals surface area contributed by atoms with E-state index in [1.807, 2.05) is 12.3 Å². The molecule has 0 radical (unpaired) electrons. The van der Waals surface area contributed by atoms with Gasteiger partial charge in [-0.1, -0.05) is 11.6 Å². The molecule has 0 amide bonds. The van der Waals surface area contributed by atoms with Crippen LogP contribution in [0, 0.1) is 6.92 Å². The van der Waals surface area contributed by atoms with Crippen LogP contribution in [0.5, 0.6) is 0 Å². The highest BCUT2D eigenvalue weighted by molar-refractivity contribution is 9.10. The van der Waals surface area contributed by atoms with Gasteiger partial charge < -0.3 is 0 Å². The van der Waals surface area contributed by atoms with Crippen molar-refractivity contribution in [2.75, 3.05) is 0 Å². The number of fused-ring (bicyclic) bond motifs is 1. The molecule has 0 saturated heterocycles. The Morgan fingerprint density at radius 3 is 3.08 bits per heavy atom. The van der Waals surface area contributed by atoms with Crippen LogP contribution in [0.25, 0.3) is 10.2 Å². The zero-order chi connectivity index (χ0) is 8.72. The molecule has 0 atom stereocenters. The first-order valence-corrected chi connectivity index (χ1v) is 5.43. The third-order valence-corrected chi connectivity index (χ3v) is 4.15. The molecule has 0 saturated carbocycles. The van der Waals surface area contributed by atoms with Crippen molar-refractivity contribution in [1.82, 2.24) is 4.98 Å². The van der Waals surface area contributed by atoms with Crippen molar-refractivity contribution >= 4 is 49.1 Å². The number of thiophene rings is 1. The lowest BCUT2D eigenvalue weighted by Crippen LogP contribution is -1.79. The molecule has 0 unspecified atom stereocenters. The van der Waals surface area contributed by atoms with Gasteiger partial charge in [-0.3, -0.25) is 4.98 Å². The molecule has 0 spiro atoms. The number of hydrogen-bond acceptors (Lipinski definition) is 2. The molecule has 62 valence electrons. The Morgan fingerprint density at radius 1 is 1.58 bits per heavy atom. The zero-order valence-electron chi connectivity index (χ0n) is 6.27. The van der Waals surface area contributed by atoms with Crippen molar-refractivity contribution in [2.45, 2.75) is 6.92 Å². The van der Waals surface area contributed by atoms with E-state index in [1.165, 1.54) is 0 Å². The molecule has 12 heavy (non-hydrogen) atoms.